The third-order valence-electron chi connectivity index (χ3n) is 5.01. The van der Waals surface area contributed by atoms with Gasteiger partial charge in [-0.15, -0.1) is 0 Å². The molecule has 0 atom stereocenters. The van der Waals surface area contributed by atoms with E-state index in [1.54, 1.807) is 49.5 Å². The third kappa shape index (κ3) is 3.32. The lowest BCUT2D eigenvalue weighted by atomic mass is 10.2. The molecule has 0 spiro atoms. The Morgan fingerprint density at radius 1 is 1.22 bits per heavy atom. The first-order valence-corrected chi connectivity index (χ1v) is 9.18. The minimum Gasteiger partial charge on any atom is -0.508 e. The lowest BCUT2D eigenvalue weighted by molar-refractivity contribution is 0.0815. The van der Waals surface area contributed by atoms with Crippen LogP contribution >= 0.6 is 0 Å². The highest BCUT2D eigenvalue weighted by molar-refractivity contribution is 5.97. The van der Waals surface area contributed by atoms with Gasteiger partial charge in [0, 0.05) is 37.4 Å². The van der Waals surface area contributed by atoms with E-state index in [0.717, 1.165) is 29.6 Å². The average molecular weight is 365 g/mol. The molecular weight excluding hydrogens is 342 g/mol. The largest absolute Gasteiger partial charge is 0.508 e. The van der Waals surface area contributed by atoms with Gasteiger partial charge in [-0.05, 0) is 43.2 Å². The highest BCUT2D eigenvalue weighted by atomic mass is 16.3. The van der Waals surface area contributed by atoms with E-state index in [1.165, 1.54) is 12.8 Å². The second-order valence-corrected chi connectivity index (χ2v) is 7.18. The smallest absolute Gasteiger partial charge is 0.270 e. The summed E-state index contributed by atoms with van der Waals surface area (Å²) in [5.74, 6) is 0.654. The number of phenolic OH excluding ortho intramolecular Hbond substituents is 1. The number of nitrogens with zero attached hydrogens (tertiary/aromatic N) is 4. The average Bonchev–Trinajstić information content (AvgIpc) is 3.29. The van der Waals surface area contributed by atoms with Crippen LogP contribution in [0.3, 0.4) is 0 Å². The summed E-state index contributed by atoms with van der Waals surface area (Å²) in [5.41, 5.74) is 2.23. The van der Waals surface area contributed by atoms with Gasteiger partial charge >= 0.3 is 0 Å². The van der Waals surface area contributed by atoms with Crippen LogP contribution in [0.1, 0.15) is 42.2 Å². The van der Waals surface area contributed by atoms with E-state index in [-0.39, 0.29) is 17.7 Å². The maximum Gasteiger partial charge on any atom is 0.270 e. The number of hydrogen-bond donors (Lipinski definition) is 2. The Labute approximate surface area is 157 Å². The topological polar surface area (TPSA) is 83.3 Å². The van der Waals surface area contributed by atoms with Gasteiger partial charge in [0.15, 0.2) is 0 Å². The van der Waals surface area contributed by atoms with Crippen LogP contribution in [0, 0.1) is 0 Å². The summed E-state index contributed by atoms with van der Waals surface area (Å²) in [5, 5.41) is 13.4. The number of benzene rings is 1. The van der Waals surface area contributed by atoms with E-state index < -0.39 is 0 Å². The van der Waals surface area contributed by atoms with Crippen molar-refractivity contribution in [3.63, 3.8) is 0 Å². The Kier molecular flexibility index (Phi) is 4.43. The van der Waals surface area contributed by atoms with Crippen LogP contribution in [-0.2, 0) is 0 Å². The molecule has 2 N–H and O–H groups in total. The summed E-state index contributed by atoms with van der Waals surface area (Å²) in [6.45, 7) is 0. The maximum absolute atomic E-state index is 12.7. The van der Waals surface area contributed by atoms with Crippen molar-refractivity contribution in [2.45, 2.75) is 31.7 Å². The molecule has 2 heterocycles. The van der Waals surface area contributed by atoms with Crippen LogP contribution in [0.2, 0.25) is 0 Å². The number of amides is 1. The molecule has 1 aliphatic rings. The number of fused-ring (bicyclic) bond motifs is 1. The zero-order valence-electron chi connectivity index (χ0n) is 15.5. The summed E-state index contributed by atoms with van der Waals surface area (Å²) in [7, 11) is 3.53. The van der Waals surface area contributed by atoms with E-state index in [0.29, 0.717) is 11.6 Å². The molecule has 7 nitrogen and oxygen atoms in total. The van der Waals surface area contributed by atoms with Crippen molar-refractivity contribution in [1.29, 1.82) is 0 Å². The summed E-state index contributed by atoms with van der Waals surface area (Å²) in [6, 6.07) is 8.92. The van der Waals surface area contributed by atoms with Crippen LogP contribution in [0.5, 0.6) is 5.75 Å². The van der Waals surface area contributed by atoms with Crippen LogP contribution < -0.4 is 5.32 Å². The number of carbonyl (C=O) groups excluding carboxylic acids is 1. The molecule has 140 valence electrons. The number of hydrogen-bond acceptors (Lipinski definition) is 5. The Balaban J connectivity index is 1.77. The normalized spacial score (nSPS) is 14.6. The van der Waals surface area contributed by atoms with Gasteiger partial charge in [-0.1, -0.05) is 12.8 Å². The predicted octanol–water partition coefficient (Wildman–Crippen LogP) is 3.70. The van der Waals surface area contributed by atoms with E-state index >= 15 is 0 Å². The zero-order valence-corrected chi connectivity index (χ0v) is 15.5. The maximum atomic E-state index is 12.7. The number of nitrogens with one attached hydrogen (secondary N) is 1. The quantitative estimate of drug-likeness (QED) is 0.689. The van der Waals surface area contributed by atoms with Gasteiger partial charge < -0.3 is 19.9 Å². The predicted molar refractivity (Wildman–Crippen MR) is 104 cm³/mol. The second-order valence-electron chi connectivity index (χ2n) is 7.18. The Morgan fingerprint density at radius 2 is 1.93 bits per heavy atom. The molecule has 0 bridgehead atoms. The van der Waals surface area contributed by atoms with Crippen LogP contribution in [0.25, 0.3) is 11.0 Å². The van der Waals surface area contributed by atoms with Crippen LogP contribution in [0.15, 0.2) is 36.5 Å². The molecule has 1 saturated carbocycles. The van der Waals surface area contributed by atoms with Gasteiger partial charge in [-0.2, -0.15) is 4.98 Å². The number of anilines is 2. The molecule has 2 aromatic heterocycles. The third-order valence-corrected chi connectivity index (χ3v) is 5.01. The number of phenols is 1. The van der Waals surface area contributed by atoms with Gasteiger partial charge in [0.05, 0.1) is 0 Å². The fourth-order valence-corrected chi connectivity index (χ4v) is 3.67. The van der Waals surface area contributed by atoms with Gasteiger partial charge in [0.2, 0.25) is 5.95 Å². The van der Waals surface area contributed by atoms with Crippen molar-refractivity contribution in [2.24, 2.45) is 0 Å². The van der Waals surface area contributed by atoms with Crippen molar-refractivity contribution < 1.29 is 9.90 Å². The highest BCUT2D eigenvalue weighted by Crippen LogP contribution is 2.34. The van der Waals surface area contributed by atoms with Crippen molar-refractivity contribution in [2.75, 3.05) is 19.4 Å². The van der Waals surface area contributed by atoms with E-state index in [1.807, 2.05) is 6.07 Å². The van der Waals surface area contributed by atoms with Crippen molar-refractivity contribution in [3.8, 4) is 5.75 Å². The van der Waals surface area contributed by atoms with Crippen LogP contribution in [0.4, 0.5) is 11.6 Å². The Bertz CT molecular complexity index is 972. The molecule has 1 amide bonds. The molecule has 0 radical (unpaired) electrons. The van der Waals surface area contributed by atoms with Gasteiger partial charge in [-0.25, -0.2) is 4.98 Å². The van der Waals surface area contributed by atoms with Crippen molar-refractivity contribution >= 4 is 28.6 Å². The van der Waals surface area contributed by atoms with Crippen molar-refractivity contribution in [3.05, 3.63) is 42.2 Å². The first-order valence-electron chi connectivity index (χ1n) is 9.18. The molecule has 0 aliphatic heterocycles. The molecule has 27 heavy (non-hydrogen) atoms. The molecule has 1 aliphatic carbocycles. The number of carbonyl (C=O) groups is 1. The first-order chi connectivity index (χ1) is 13.0. The fraction of sp³-hybridized carbons (Fsp3) is 0.350. The standard InChI is InChI=1S/C20H23N5O2/c1-24(2)19(27)17-11-13-12-21-20(22-14-7-9-16(26)10-8-14)23-18(13)25(17)15-5-3-4-6-15/h7-12,15,26H,3-6H2,1-2H3,(H,21,22,23). The Morgan fingerprint density at radius 3 is 2.59 bits per heavy atom. The zero-order chi connectivity index (χ0) is 19.0. The van der Waals surface area contributed by atoms with Gasteiger partial charge in [-0.3, -0.25) is 4.79 Å². The monoisotopic (exact) mass is 365 g/mol. The summed E-state index contributed by atoms with van der Waals surface area (Å²) in [6.07, 6.45) is 6.21. The fourth-order valence-electron chi connectivity index (χ4n) is 3.67. The van der Waals surface area contributed by atoms with Crippen molar-refractivity contribution in [1.82, 2.24) is 19.4 Å². The van der Waals surface area contributed by atoms with Crippen LogP contribution in [-0.4, -0.2) is 44.5 Å². The lowest BCUT2D eigenvalue weighted by Crippen LogP contribution is -2.25. The number of rotatable bonds is 4. The Hall–Kier alpha value is -3.09. The number of aromatic hydroxyl groups is 1. The van der Waals surface area contributed by atoms with E-state index in [9.17, 15) is 9.90 Å². The first kappa shape index (κ1) is 17.3. The second kappa shape index (κ2) is 6.90. The lowest BCUT2D eigenvalue weighted by Gasteiger charge is -2.19. The SMILES string of the molecule is CN(C)C(=O)c1cc2cnc(Nc3ccc(O)cc3)nc2n1C1CCCC1. The van der Waals surface area contributed by atoms with Gasteiger partial charge in [0.1, 0.15) is 17.1 Å². The van der Waals surface area contributed by atoms with E-state index in [4.69, 9.17) is 4.98 Å². The molecule has 3 aromatic rings. The number of aromatic nitrogens is 3. The summed E-state index contributed by atoms with van der Waals surface area (Å²) >= 11 is 0. The minimum atomic E-state index is -0.0204. The van der Waals surface area contributed by atoms with Gasteiger partial charge in [0.25, 0.3) is 5.91 Å². The molecule has 0 saturated heterocycles. The highest BCUT2D eigenvalue weighted by Gasteiger charge is 2.26. The molecular formula is C20H23N5O2. The van der Waals surface area contributed by atoms with E-state index in [2.05, 4.69) is 14.9 Å². The summed E-state index contributed by atoms with van der Waals surface area (Å²) in [4.78, 5) is 23.4. The molecule has 1 fully saturated rings. The molecule has 0 unspecified atom stereocenters. The molecule has 1 aromatic carbocycles. The minimum absolute atomic E-state index is 0.0204. The summed E-state index contributed by atoms with van der Waals surface area (Å²) < 4.78 is 2.09. The molecule has 7 heteroatoms. The molecule has 4 rings (SSSR count).